The van der Waals surface area contributed by atoms with Crippen LogP contribution in [0.1, 0.15) is 37.7 Å². The molecule has 1 aliphatic carbocycles. The molecule has 2 atom stereocenters. The lowest BCUT2D eigenvalue weighted by Gasteiger charge is -2.37. The molecule has 2 heteroatoms. The van der Waals surface area contributed by atoms with Crippen LogP contribution in [0, 0.1) is 5.92 Å². The van der Waals surface area contributed by atoms with Gasteiger partial charge in [0.15, 0.2) is 0 Å². The quantitative estimate of drug-likeness (QED) is 0.817. The highest BCUT2D eigenvalue weighted by atomic mass is 15.2. The third-order valence-corrected chi connectivity index (χ3v) is 4.86. The van der Waals surface area contributed by atoms with E-state index in [-0.39, 0.29) is 0 Å². The van der Waals surface area contributed by atoms with E-state index in [2.05, 4.69) is 40.5 Å². The summed E-state index contributed by atoms with van der Waals surface area (Å²) in [5.41, 5.74) is 1.39. The Morgan fingerprint density at radius 1 is 1.05 bits per heavy atom. The van der Waals surface area contributed by atoms with Crippen LogP contribution < -0.4 is 5.32 Å². The summed E-state index contributed by atoms with van der Waals surface area (Å²) in [5, 5.41) is 3.59. The Morgan fingerprint density at radius 2 is 1.89 bits per heavy atom. The molecule has 0 bridgehead atoms. The van der Waals surface area contributed by atoms with Crippen molar-refractivity contribution in [3.8, 4) is 0 Å². The zero-order valence-electron chi connectivity index (χ0n) is 11.9. The second-order valence-electron chi connectivity index (χ2n) is 6.10. The van der Waals surface area contributed by atoms with Gasteiger partial charge in [-0.05, 0) is 43.7 Å². The van der Waals surface area contributed by atoms with Gasteiger partial charge in [-0.2, -0.15) is 0 Å². The van der Waals surface area contributed by atoms with Gasteiger partial charge in [-0.1, -0.05) is 36.8 Å². The van der Waals surface area contributed by atoms with Crippen molar-refractivity contribution < 1.29 is 0 Å². The van der Waals surface area contributed by atoms with E-state index in [9.17, 15) is 0 Å². The summed E-state index contributed by atoms with van der Waals surface area (Å²) in [6, 6.07) is 11.6. The van der Waals surface area contributed by atoms with Crippen LogP contribution >= 0.6 is 0 Å². The van der Waals surface area contributed by atoms with Crippen LogP contribution in [0.4, 0.5) is 0 Å². The van der Waals surface area contributed by atoms with Crippen molar-refractivity contribution in [1.82, 2.24) is 10.2 Å². The molecular weight excluding hydrogens is 232 g/mol. The molecule has 0 radical (unpaired) electrons. The van der Waals surface area contributed by atoms with E-state index in [1.165, 1.54) is 50.8 Å². The minimum Gasteiger partial charge on any atom is -0.311 e. The highest BCUT2D eigenvalue weighted by molar-refractivity contribution is 5.14. The lowest BCUT2D eigenvalue weighted by Crippen LogP contribution is -2.45. The molecule has 1 aromatic rings. The summed E-state index contributed by atoms with van der Waals surface area (Å²) in [6.45, 7) is 4.68. The number of hydrogen-bond acceptors (Lipinski definition) is 2. The molecular formula is C17H26N2. The Balaban J connectivity index is 1.40. The van der Waals surface area contributed by atoms with Crippen LogP contribution in [0.25, 0.3) is 0 Å². The first kappa shape index (κ1) is 13.1. The highest BCUT2D eigenvalue weighted by Crippen LogP contribution is 2.36. The van der Waals surface area contributed by atoms with E-state index in [4.69, 9.17) is 0 Å². The third kappa shape index (κ3) is 3.37. The molecule has 1 heterocycles. The van der Waals surface area contributed by atoms with E-state index in [1.807, 2.05) is 0 Å². The first-order valence-corrected chi connectivity index (χ1v) is 7.92. The molecule has 0 spiro atoms. The predicted octanol–water partition coefficient (Wildman–Crippen LogP) is 3.04. The van der Waals surface area contributed by atoms with Gasteiger partial charge in [-0.3, -0.25) is 4.90 Å². The molecule has 2 nitrogen and oxygen atoms in total. The molecule has 104 valence electrons. The van der Waals surface area contributed by atoms with Crippen LogP contribution in [-0.4, -0.2) is 30.6 Å². The van der Waals surface area contributed by atoms with Crippen molar-refractivity contribution in [3.63, 3.8) is 0 Å². The number of fused-ring (bicyclic) bond motifs is 1. The number of hydrogen-bond donors (Lipinski definition) is 1. The van der Waals surface area contributed by atoms with Gasteiger partial charge in [-0.15, -0.1) is 0 Å². The van der Waals surface area contributed by atoms with Crippen LogP contribution in [0.2, 0.25) is 0 Å². The predicted molar refractivity (Wildman–Crippen MR) is 80.1 cm³/mol. The van der Waals surface area contributed by atoms with E-state index >= 15 is 0 Å². The fraction of sp³-hybridized carbons (Fsp3) is 0.647. The van der Waals surface area contributed by atoms with Crippen LogP contribution in [0.15, 0.2) is 30.3 Å². The maximum Gasteiger partial charge on any atom is 0.0206 e. The number of benzene rings is 1. The molecule has 0 unspecified atom stereocenters. The summed E-state index contributed by atoms with van der Waals surface area (Å²) >= 11 is 0. The smallest absolute Gasteiger partial charge is 0.0206 e. The molecule has 1 aromatic carbocycles. The first-order valence-electron chi connectivity index (χ1n) is 7.92. The van der Waals surface area contributed by atoms with Gasteiger partial charge in [0.05, 0.1) is 0 Å². The largest absolute Gasteiger partial charge is 0.311 e. The van der Waals surface area contributed by atoms with Crippen molar-refractivity contribution in [3.05, 3.63) is 35.9 Å². The lowest BCUT2D eigenvalue weighted by atomic mass is 9.92. The van der Waals surface area contributed by atoms with Crippen molar-refractivity contribution in [2.75, 3.05) is 19.6 Å². The summed E-state index contributed by atoms with van der Waals surface area (Å²) in [6.07, 6.45) is 7.30. The molecule has 1 aliphatic heterocycles. The molecule has 1 N–H and O–H groups in total. The van der Waals surface area contributed by atoms with Crippen molar-refractivity contribution in [1.29, 1.82) is 0 Å². The van der Waals surface area contributed by atoms with Gasteiger partial charge in [-0.25, -0.2) is 0 Å². The molecule has 0 amide bonds. The molecule has 1 saturated heterocycles. The van der Waals surface area contributed by atoms with Crippen molar-refractivity contribution in [2.24, 2.45) is 5.92 Å². The van der Waals surface area contributed by atoms with Gasteiger partial charge in [0.1, 0.15) is 0 Å². The SMILES string of the molecule is c1ccc(CNCCN2CCC[C@H]3CCC[C@H]32)cc1. The Labute approximate surface area is 117 Å². The number of piperidine rings is 1. The molecule has 0 aromatic heterocycles. The van der Waals surface area contributed by atoms with E-state index in [0.717, 1.165) is 25.0 Å². The normalized spacial score (nSPS) is 27.4. The minimum absolute atomic E-state index is 0.910. The Hall–Kier alpha value is -0.860. The second-order valence-corrected chi connectivity index (χ2v) is 6.10. The fourth-order valence-corrected chi connectivity index (χ4v) is 3.89. The van der Waals surface area contributed by atoms with Crippen LogP contribution in [0.5, 0.6) is 0 Å². The maximum absolute atomic E-state index is 3.59. The highest BCUT2D eigenvalue weighted by Gasteiger charge is 2.34. The zero-order chi connectivity index (χ0) is 12.9. The number of nitrogens with one attached hydrogen (secondary N) is 1. The van der Waals surface area contributed by atoms with E-state index < -0.39 is 0 Å². The molecule has 1 saturated carbocycles. The Kier molecular flexibility index (Phi) is 4.52. The fourth-order valence-electron chi connectivity index (χ4n) is 3.89. The second kappa shape index (κ2) is 6.53. The van der Waals surface area contributed by atoms with Crippen LogP contribution in [0.3, 0.4) is 0 Å². The van der Waals surface area contributed by atoms with Crippen LogP contribution in [-0.2, 0) is 6.54 Å². The lowest BCUT2D eigenvalue weighted by molar-refractivity contribution is 0.114. The van der Waals surface area contributed by atoms with Crippen molar-refractivity contribution >= 4 is 0 Å². The molecule has 2 fully saturated rings. The van der Waals surface area contributed by atoms with Gasteiger partial charge in [0.2, 0.25) is 0 Å². The summed E-state index contributed by atoms with van der Waals surface area (Å²) in [5.74, 6) is 1.02. The number of nitrogens with zero attached hydrogens (tertiary/aromatic N) is 1. The first-order chi connectivity index (χ1) is 9.43. The summed E-state index contributed by atoms with van der Waals surface area (Å²) < 4.78 is 0. The Morgan fingerprint density at radius 3 is 2.79 bits per heavy atom. The van der Waals surface area contributed by atoms with E-state index in [1.54, 1.807) is 0 Å². The third-order valence-electron chi connectivity index (χ3n) is 4.86. The Bertz CT molecular complexity index is 376. The topological polar surface area (TPSA) is 15.3 Å². The van der Waals surface area contributed by atoms with Gasteiger partial charge in [0.25, 0.3) is 0 Å². The standard InChI is InChI=1S/C17H26N2/c1-2-6-15(7-3-1)14-18-11-13-19-12-5-9-16-8-4-10-17(16)19/h1-3,6-7,16-18H,4-5,8-14H2/t16-,17-/m1/s1. The zero-order valence-corrected chi connectivity index (χ0v) is 11.9. The number of rotatable bonds is 5. The average molecular weight is 258 g/mol. The monoisotopic (exact) mass is 258 g/mol. The maximum atomic E-state index is 3.59. The molecule has 2 aliphatic rings. The molecule has 3 rings (SSSR count). The van der Waals surface area contributed by atoms with Gasteiger partial charge >= 0.3 is 0 Å². The summed E-state index contributed by atoms with van der Waals surface area (Å²) in [4.78, 5) is 2.75. The minimum atomic E-state index is 0.910. The van der Waals surface area contributed by atoms with Gasteiger partial charge < -0.3 is 5.32 Å². The summed E-state index contributed by atoms with van der Waals surface area (Å²) in [7, 11) is 0. The van der Waals surface area contributed by atoms with Crippen molar-refractivity contribution in [2.45, 2.75) is 44.7 Å². The molecule has 19 heavy (non-hydrogen) atoms. The van der Waals surface area contributed by atoms with E-state index in [0.29, 0.717) is 0 Å². The average Bonchev–Trinajstić information content (AvgIpc) is 2.94. The van der Waals surface area contributed by atoms with Gasteiger partial charge in [0, 0.05) is 25.7 Å². The number of likely N-dealkylation sites (tertiary alicyclic amines) is 1.